The molecule has 1 aromatic heterocycles. The van der Waals surface area contributed by atoms with E-state index in [1.807, 2.05) is 78.6 Å². The van der Waals surface area contributed by atoms with Crippen LogP contribution in [0.3, 0.4) is 0 Å². The summed E-state index contributed by atoms with van der Waals surface area (Å²) in [5.41, 5.74) is 3.66. The van der Waals surface area contributed by atoms with Crippen molar-refractivity contribution in [2.45, 2.75) is 20.0 Å². The van der Waals surface area contributed by atoms with Gasteiger partial charge in [0.15, 0.2) is 0 Å². The molecule has 0 saturated heterocycles. The van der Waals surface area contributed by atoms with Gasteiger partial charge in [0.25, 0.3) is 5.56 Å². The fourth-order valence-corrected chi connectivity index (χ4v) is 3.67. The van der Waals surface area contributed by atoms with E-state index in [4.69, 9.17) is 4.74 Å². The summed E-state index contributed by atoms with van der Waals surface area (Å²) in [5, 5.41) is 9.97. The molecule has 0 aliphatic heterocycles. The first kappa shape index (κ1) is 21.7. The van der Waals surface area contributed by atoms with E-state index in [1.165, 1.54) is 0 Å². The van der Waals surface area contributed by atoms with Gasteiger partial charge in [-0.25, -0.2) is 4.98 Å². The number of ether oxygens (including phenoxy) is 1. The Labute approximate surface area is 187 Å². The topological polar surface area (TPSA) is 67.6 Å². The van der Waals surface area contributed by atoms with Crippen LogP contribution in [0.25, 0.3) is 10.9 Å². The lowest BCUT2D eigenvalue weighted by molar-refractivity contribution is 0.0966. The summed E-state index contributed by atoms with van der Waals surface area (Å²) in [5.74, 6) is 0.643. The molecule has 0 spiro atoms. The van der Waals surface area contributed by atoms with Crippen LogP contribution >= 0.6 is 0 Å². The van der Waals surface area contributed by atoms with E-state index in [0.717, 1.165) is 16.7 Å². The second-order valence-electron chi connectivity index (χ2n) is 7.83. The summed E-state index contributed by atoms with van der Waals surface area (Å²) in [7, 11) is 0. The monoisotopic (exact) mass is 429 g/mol. The summed E-state index contributed by atoms with van der Waals surface area (Å²) in [6, 6.07) is 23.6. The Kier molecular flexibility index (Phi) is 6.94. The highest BCUT2D eigenvalue weighted by atomic mass is 16.5. The quantitative estimate of drug-likeness (QED) is 0.412. The number of fused-ring (bicyclic) bond motifs is 1. The van der Waals surface area contributed by atoms with E-state index >= 15 is 0 Å². The van der Waals surface area contributed by atoms with Gasteiger partial charge in [-0.15, -0.1) is 0 Å². The van der Waals surface area contributed by atoms with Gasteiger partial charge in [0.2, 0.25) is 0 Å². The maximum absolute atomic E-state index is 13.1. The van der Waals surface area contributed by atoms with E-state index in [9.17, 15) is 9.90 Å². The van der Waals surface area contributed by atoms with Crippen LogP contribution in [0, 0.1) is 6.92 Å². The Morgan fingerprint density at radius 2 is 1.69 bits per heavy atom. The summed E-state index contributed by atoms with van der Waals surface area (Å²) < 4.78 is 7.70. The maximum Gasteiger partial charge on any atom is 0.261 e. The number of benzene rings is 3. The molecule has 0 aliphatic carbocycles. The average Bonchev–Trinajstić information content (AvgIpc) is 2.81. The van der Waals surface area contributed by atoms with Crippen molar-refractivity contribution in [3.05, 3.63) is 106 Å². The highest BCUT2D eigenvalue weighted by Gasteiger charge is 2.12. The summed E-state index contributed by atoms with van der Waals surface area (Å²) in [6.45, 7) is 3.92. The molecule has 0 atom stereocenters. The van der Waals surface area contributed by atoms with E-state index in [1.54, 1.807) is 17.0 Å². The van der Waals surface area contributed by atoms with Crippen LogP contribution < -0.4 is 10.3 Å². The molecular weight excluding hydrogens is 402 g/mol. The number of nitrogens with zero attached hydrogens (tertiary/aromatic N) is 3. The highest BCUT2D eigenvalue weighted by Crippen LogP contribution is 2.23. The van der Waals surface area contributed by atoms with Gasteiger partial charge < -0.3 is 9.84 Å². The molecule has 0 amide bonds. The van der Waals surface area contributed by atoms with Crippen LogP contribution in [0.4, 0.5) is 0 Å². The van der Waals surface area contributed by atoms with Crippen molar-refractivity contribution >= 4 is 10.9 Å². The zero-order valence-corrected chi connectivity index (χ0v) is 18.1. The summed E-state index contributed by atoms with van der Waals surface area (Å²) in [4.78, 5) is 19.6. The smallest absolute Gasteiger partial charge is 0.261 e. The van der Waals surface area contributed by atoms with E-state index in [0.29, 0.717) is 43.0 Å². The molecule has 3 aromatic carbocycles. The fourth-order valence-electron chi connectivity index (χ4n) is 3.67. The normalized spacial score (nSPS) is 11.2. The number of rotatable bonds is 9. The van der Waals surface area contributed by atoms with Crippen molar-refractivity contribution in [2.24, 2.45) is 0 Å². The van der Waals surface area contributed by atoms with Crippen LogP contribution in [0.5, 0.6) is 5.75 Å². The van der Waals surface area contributed by atoms with Gasteiger partial charge in [-0.3, -0.25) is 14.3 Å². The van der Waals surface area contributed by atoms with Crippen molar-refractivity contribution < 1.29 is 9.84 Å². The summed E-state index contributed by atoms with van der Waals surface area (Å²) in [6.07, 6.45) is 1.60. The lowest BCUT2D eigenvalue weighted by Crippen LogP contribution is -2.30. The molecule has 0 bridgehead atoms. The first-order valence-electron chi connectivity index (χ1n) is 10.7. The van der Waals surface area contributed by atoms with Gasteiger partial charge in [-0.1, -0.05) is 60.7 Å². The molecule has 1 heterocycles. The minimum absolute atomic E-state index is 0.0427. The third-order valence-corrected chi connectivity index (χ3v) is 5.38. The molecule has 4 rings (SSSR count). The van der Waals surface area contributed by atoms with Crippen LogP contribution in [-0.4, -0.2) is 39.4 Å². The lowest BCUT2D eigenvalue weighted by Gasteiger charge is -2.22. The average molecular weight is 430 g/mol. The maximum atomic E-state index is 13.1. The zero-order chi connectivity index (χ0) is 22.3. The van der Waals surface area contributed by atoms with Crippen LogP contribution in [0.15, 0.2) is 83.9 Å². The highest BCUT2D eigenvalue weighted by molar-refractivity contribution is 5.80. The molecule has 0 saturated carbocycles. The van der Waals surface area contributed by atoms with E-state index in [2.05, 4.69) is 4.98 Å². The molecule has 0 radical (unpaired) electrons. The summed E-state index contributed by atoms with van der Waals surface area (Å²) >= 11 is 0. The minimum atomic E-state index is -0.0970. The Hall–Kier alpha value is -3.48. The van der Waals surface area contributed by atoms with Gasteiger partial charge in [-0.2, -0.15) is 0 Å². The molecule has 1 N–H and O–H groups in total. The first-order valence-corrected chi connectivity index (χ1v) is 10.7. The van der Waals surface area contributed by atoms with Crippen molar-refractivity contribution in [1.82, 2.24) is 14.5 Å². The van der Waals surface area contributed by atoms with Gasteiger partial charge in [0.1, 0.15) is 12.5 Å². The van der Waals surface area contributed by atoms with Crippen molar-refractivity contribution in [3.63, 3.8) is 0 Å². The Bertz CT molecular complexity index is 1220. The second kappa shape index (κ2) is 10.2. The zero-order valence-electron chi connectivity index (χ0n) is 18.1. The fraction of sp³-hybridized carbons (Fsp3) is 0.231. The van der Waals surface area contributed by atoms with Crippen molar-refractivity contribution in [1.29, 1.82) is 0 Å². The molecule has 32 heavy (non-hydrogen) atoms. The Morgan fingerprint density at radius 3 is 2.38 bits per heavy atom. The predicted molar refractivity (Wildman–Crippen MR) is 126 cm³/mol. The van der Waals surface area contributed by atoms with Gasteiger partial charge in [0, 0.05) is 13.1 Å². The third-order valence-electron chi connectivity index (χ3n) is 5.38. The number of aromatic nitrogens is 2. The van der Waals surface area contributed by atoms with Crippen LogP contribution in [0.2, 0.25) is 0 Å². The van der Waals surface area contributed by atoms with Gasteiger partial charge >= 0.3 is 0 Å². The Balaban J connectivity index is 1.55. The van der Waals surface area contributed by atoms with Gasteiger partial charge in [-0.05, 0) is 35.7 Å². The van der Waals surface area contributed by atoms with Crippen molar-refractivity contribution in [2.75, 3.05) is 19.9 Å². The molecule has 0 unspecified atom stereocenters. The molecule has 164 valence electrons. The molecule has 0 aliphatic rings. The molecule has 6 nitrogen and oxygen atoms in total. The first-order chi connectivity index (χ1) is 15.6. The largest absolute Gasteiger partial charge is 0.478 e. The molecule has 4 aromatic rings. The second-order valence-corrected chi connectivity index (χ2v) is 7.83. The Morgan fingerprint density at radius 1 is 1.00 bits per heavy atom. The predicted octanol–water partition coefficient (Wildman–Crippen LogP) is 3.58. The van der Waals surface area contributed by atoms with E-state index < -0.39 is 0 Å². The van der Waals surface area contributed by atoms with E-state index in [-0.39, 0.29) is 12.2 Å². The van der Waals surface area contributed by atoms with Crippen LogP contribution in [0.1, 0.15) is 16.7 Å². The number of aliphatic hydroxyl groups is 1. The standard InChI is InChI=1S/C26H27N3O3/c1-20-14-24-23(26(31)29(18-27-24)17-22-10-6-3-7-11-22)15-25(20)32-19-28(12-13-30)16-21-8-4-2-5-9-21/h2-11,14-15,18,30H,12-13,16-17,19H2,1H3. The van der Waals surface area contributed by atoms with Gasteiger partial charge in [0.05, 0.1) is 30.4 Å². The lowest BCUT2D eigenvalue weighted by atomic mass is 10.1. The minimum Gasteiger partial charge on any atom is -0.478 e. The molecular formula is C26H27N3O3. The number of hydrogen-bond donors (Lipinski definition) is 1. The molecule has 0 fully saturated rings. The van der Waals surface area contributed by atoms with Crippen LogP contribution in [-0.2, 0) is 13.1 Å². The van der Waals surface area contributed by atoms with Crippen molar-refractivity contribution in [3.8, 4) is 5.75 Å². The SMILES string of the molecule is Cc1cc2ncn(Cc3ccccc3)c(=O)c2cc1OCN(CCO)Cc1ccccc1. The number of aryl methyl sites for hydroxylation is 1. The number of aliphatic hydroxyl groups excluding tert-OH is 1. The third kappa shape index (κ3) is 5.22. The molecule has 6 heteroatoms. The number of hydrogen-bond acceptors (Lipinski definition) is 5.